The molecule has 0 radical (unpaired) electrons. The number of carbonyl (C=O) groups is 1. The van der Waals surface area contributed by atoms with Crippen LogP contribution in [-0.4, -0.2) is 31.0 Å². The van der Waals surface area contributed by atoms with Gasteiger partial charge in [0.25, 0.3) is 0 Å². The van der Waals surface area contributed by atoms with Crippen molar-refractivity contribution < 1.29 is 14.6 Å². The highest BCUT2D eigenvalue weighted by Crippen LogP contribution is 2.14. The molecule has 1 amide bonds. The maximum atomic E-state index is 11.5. The monoisotopic (exact) mass is 219 g/mol. The topological polar surface area (TPSA) is 49.8 Å². The predicted octanol–water partition coefficient (Wildman–Crippen LogP) is 1.25. The van der Waals surface area contributed by atoms with E-state index in [1.807, 2.05) is 6.07 Å². The van der Waals surface area contributed by atoms with Crippen molar-refractivity contribution in [3.63, 3.8) is 0 Å². The second kappa shape index (κ2) is 5.79. The Morgan fingerprint density at radius 1 is 1.56 bits per heavy atom. The summed E-state index contributed by atoms with van der Waals surface area (Å²) in [5.74, 6) is 2.15. The van der Waals surface area contributed by atoms with Crippen LogP contribution in [0.25, 0.3) is 0 Å². The van der Waals surface area contributed by atoms with Crippen LogP contribution in [0.4, 0.5) is 10.5 Å². The first-order valence-corrected chi connectivity index (χ1v) is 4.73. The molecule has 0 aliphatic rings. The summed E-state index contributed by atoms with van der Waals surface area (Å²) in [6.07, 6.45) is 3.49. The number of para-hydroxylation sites is 1. The van der Waals surface area contributed by atoms with Crippen molar-refractivity contribution in [2.75, 3.05) is 18.6 Å². The van der Waals surface area contributed by atoms with Crippen molar-refractivity contribution in [1.82, 2.24) is 0 Å². The highest BCUT2D eigenvalue weighted by atomic mass is 16.5. The number of aliphatic hydroxyl groups is 1. The molecule has 0 fully saturated rings. The van der Waals surface area contributed by atoms with Gasteiger partial charge in [-0.2, -0.15) is 0 Å². The summed E-state index contributed by atoms with van der Waals surface area (Å²) in [6, 6.07) is 8.87. The smallest absolute Gasteiger partial charge is 0.414 e. The average molecular weight is 219 g/mol. The Morgan fingerprint density at radius 2 is 2.19 bits per heavy atom. The van der Waals surface area contributed by atoms with Crippen molar-refractivity contribution in [1.29, 1.82) is 0 Å². The summed E-state index contributed by atoms with van der Waals surface area (Å²) < 4.78 is 4.62. The number of benzene rings is 1. The van der Waals surface area contributed by atoms with Gasteiger partial charge >= 0.3 is 6.09 Å². The van der Waals surface area contributed by atoms with Gasteiger partial charge in [-0.05, 0) is 12.1 Å². The summed E-state index contributed by atoms with van der Waals surface area (Å²) >= 11 is 0. The van der Waals surface area contributed by atoms with E-state index in [1.54, 1.807) is 24.3 Å². The van der Waals surface area contributed by atoms with Crippen LogP contribution in [0.5, 0.6) is 0 Å². The SMILES string of the molecule is C#CC(O)CN(C(=O)OC)c1ccccc1. The highest BCUT2D eigenvalue weighted by Gasteiger charge is 2.18. The van der Waals surface area contributed by atoms with E-state index < -0.39 is 12.2 Å². The number of methoxy groups -OCH3 is 1. The number of terminal acetylenes is 1. The molecule has 4 nitrogen and oxygen atoms in total. The zero-order valence-electron chi connectivity index (χ0n) is 8.96. The lowest BCUT2D eigenvalue weighted by atomic mass is 10.2. The van der Waals surface area contributed by atoms with Crippen LogP contribution in [-0.2, 0) is 4.74 Å². The zero-order valence-corrected chi connectivity index (χ0v) is 8.96. The van der Waals surface area contributed by atoms with Gasteiger partial charge < -0.3 is 9.84 Å². The minimum atomic E-state index is -1.01. The Hall–Kier alpha value is -1.99. The number of nitrogens with zero attached hydrogens (tertiary/aromatic N) is 1. The number of carbonyl (C=O) groups excluding carboxylic acids is 1. The Kier molecular flexibility index (Phi) is 4.37. The molecule has 1 aromatic carbocycles. The van der Waals surface area contributed by atoms with E-state index in [0.717, 1.165) is 0 Å². The number of amides is 1. The van der Waals surface area contributed by atoms with E-state index in [9.17, 15) is 9.90 Å². The predicted molar refractivity (Wildman–Crippen MR) is 61.0 cm³/mol. The van der Waals surface area contributed by atoms with Crippen LogP contribution < -0.4 is 4.90 Å². The second-order valence-corrected chi connectivity index (χ2v) is 3.10. The third kappa shape index (κ3) is 3.01. The lowest BCUT2D eigenvalue weighted by Crippen LogP contribution is -2.37. The van der Waals surface area contributed by atoms with Crippen LogP contribution in [0, 0.1) is 12.3 Å². The van der Waals surface area contributed by atoms with Crippen LogP contribution in [0.2, 0.25) is 0 Å². The molecule has 0 saturated carbocycles. The normalized spacial score (nSPS) is 11.3. The summed E-state index contributed by atoms with van der Waals surface area (Å²) in [5.41, 5.74) is 0.628. The fourth-order valence-electron chi connectivity index (χ4n) is 1.23. The fraction of sp³-hybridized carbons (Fsp3) is 0.250. The van der Waals surface area contributed by atoms with Gasteiger partial charge in [-0.15, -0.1) is 6.42 Å². The van der Waals surface area contributed by atoms with E-state index in [1.165, 1.54) is 12.0 Å². The molecule has 84 valence electrons. The molecule has 0 aliphatic carbocycles. The standard InChI is InChI=1S/C12H13NO3/c1-3-11(14)9-13(12(15)16-2)10-7-5-4-6-8-10/h1,4-8,11,14H,9H2,2H3. The minimum Gasteiger partial charge on any atom is -0.452 e. The van der Waals surface area contributed by atoms with Crippen LogP contribution in [0.15, 0.2) is 30.3 Å². The van der Waals surface area contributed by atoms with Crippen molar-refractivity contribution in [3.05, 3.63) is 30.3 Å². The maximum absolute atomic E-state index is 11.5. The molecule has 1 atom stereocenters. The quantitative estimate of drug-likeness (QED) is 0.778. The number of hydrogen-bond acceptors (Lipinski definition) is 3. The molecule has 0 aliphatic heterocycles. The van der Waals surface area contributed by atoms with Gasteiger partial charge in [0.2, 0.25) is 0 Å². The van der Waals surface area contributed by atoms with Crippen LogP contribution in [0.1, 0.15) is 0 Å². The van der Waals surface area contributed by atoms with Gasteiger partial charge in [-0.1, -0.05) is 24.1 Å². The molecular formula is C12H13NO3. The highest BCUT2D eigenvalue weighted by molar-refractivity contribution is 5.87. The van der Waals surface area contributed by atoms with Crippen LogP contribution >= 0.6 is 0 Å². The maximum Gasteiger partial charge on any atom is 0.414 e. The summed E-state index contributed by atoms with van der Waals surface area (Å²) in [4.78, 5) is 12.8. The van der Waals surface area contributed by atoms with E-state index >= 15 is 0 Å². The van der Waals surface area contributed by atoms with Gasteiger partial charge in [-0.25, -0.2) is 4.79 Å². The third-order valence-corrected chi connectivity index (χ3v) is 2.01. The first kappa shape index (κ1) is 12.1. The fourth-order valence-corrected chi connectivity index (χ4v) is 1.23. The number of anilines is 1. The van der Waals surface area contributed by atoms with Crippen molar-refractivity contribution >= 4 is 11.8 Å². The Morgan fingerprint density at radius 3 is 2.69 bits per heavy atom. The number of hydrogen-bond donors (Lipinski definition) is 1. The molecule has 0 bridgehead atoms. The average Bonchev–Trinajstić information content (AvgIpc) is 2.35. The van der Waals surface area contributed by atoms with Crippen molar-refractivity contribution in [2.24, 2.45) is 0 Å². The molecule has 1 N–H and O–H groups in total. The lowest BCUT2D eigenvalue weighted by Gasteiger charge is -2.22. The van der Waals surface area contributed by atoms with Crippen LogP contribution in [0.3, 0.4) is 0 Å². The van der Waals surface area contributed by atoms with Gasteiger partial charge in [0.15, 0.2) is 0 Å². The van der Waals surface area contributed by atoms with E-state index in [-0.39, 0.29) is 6.54 Å². The van der Waals surface area contributed by atoms with Crippen molar-refractivity contribution in [3.8, 4) is 12.3 Å². The van der Waals surface area contributed by atoms with E-state index in [2.05, 4.69) is 10.7 Å². The molecule has 0 aromatic heterocycles. The first-order chi connectivity index (χ1) is 7.69. The van der Waals surface area contributed by atoms with E-state index in [4.69, 9.17) is 6.42 Å². The Labute approximate surface area is 94.4 Å². The molecule has 1 unspecified atom stereocenters. The number of rotatable bonds is 3. The van der Waals surface area contributed by atoms with Gasteiger partial charge in [0.05, 0.1) is 13.7 Å². The molecule has 0 spiro atoms. The summed E-state index contributed by atoms with van der Waals surface area (Å²) in [6.45, 7) is 0.00713. The zero-order chi connectivity index (χ0) is 12.0. The number of aliphatic hydroxyl groups excluding tert-OH is 1. The molecule has 1 rings (SSSR count). The Bertz CT molecular complexity index is 383. The summed E-state index contributed by atoms with van der Waals surface area (Å²) in [7, 11) is 1.28. The largest absolute Gasteiger partial charge is 0.452 e. The molecule has 0 saturated heterocycles. The van der Waals surface area contributed by atoms with Gasteiger partial charge in [0.1, 0.15) is 6.10 Å². The van der Waals surface area contributed by atoms with Crippen molar-refractivity contribution in [2.45, 2.75) is 6.10 Å². The van der Waals surface area contributed by atoms with Gasteiger partial charge in [0, 0.05) is 5.69 Å². The Balaban J connectivity index is 2.89. The van der Waals surface area contributed by atoms with E-state index in [0.29, 0.717) is 5.69 Å². The second-order valence-electron chi connectivity index (χ2n) is 3.10. The lowest BCUT2D eigenvalue weighted by molar-refractivity contribution is 0.172. The molecule has 16 heavy (non-hydrogen) atoms. The minimum absolute atomic E-state index is 0.00713. The third-order valence-electron chi connectivity index (χ3n) is 2.01. The molecular weight excluding hydrogens is 206 g/mol. The van der Waals surface area contributed by atoms with Gasteiger partial charge in [-0.3, -0.25) is 4.90 Å². The molecule has 0 heterocycles. The summed E-state index contributed by atoms with van der Waals surface area (Å²) in [5, 5.41) is 9.35. The molecule has 1 aromatic rings. The number of ether oxygens (including phenoxy) is 1. The molecule has 4 heteroatoms. The first-order valence-electron chi connectivity index (χ1n) is 4.73.